The Labute approximate surface area is 196 Å². The van der Waals surface area contributed by atoms with Gasteiger partial charge in [-0.1, -0.05) is 0 Å². The maximum atomic E-state index is 12.1. The minimum absolute atomic E-state index is 0.0364. The number of rotatable bonds is 10. The molecule has 176 valence electrons. The first kappa shape index (κ1) is 24.6. The second-order valence-electron chi connectivity index (χ2n) is 7.32. The van der Waals surface area contributed by atoms with Gasteiger partial charge in [-0.25, -0.2) is 18.5 Å². The summed E-state index contributed by atoms with van der Waals surface area (Å²) >= 11 is 1.33. The van der Waals surface area contributed by atoms with Crippen molar-refractivity contribution in [1.82, 2.24) is 20.6 Å². The Morgan fingerprint density at radius 2 is 2.00 bits per heavy atom. The van der Waals surface area contributed by atoms with Crippen LogP contribution < -0.4 is 25.8 Å². The molecule has 0 aliphatic carbocycles. The maximum Gasteiger partial charge on any atom is 0.269 e. The molecule has 12 heteroatoms. The zero-order valence-electron chi connectivity index (χ0n) is 18.5. The fraction of sp³-hybridized carbons (Fsp3) is 0.286. The molecule has 2 aromatic heterocycles. The van der Waals surface area contributed by atoms with Gasteiger partial charge in [0.1, 0.15) is 11.4 Å². The van der Waals surface area contributed by atoms with Crippen molar-refractivity contribution < 1.29 is 17.9 Å². The normalized spacial score (nSPS) is 11.4. The highest BCUT2D eigenvalue weighted by atomic mass is 32.2. The van der Waals surface area contributed by atoms with Crippen molar-refractivity contribution in [2.45, 2.75) is 24.8 Å². The van der Waals surface area contributed by atoms with Gasteiger partial charge < -0.3 is 20.7 Å². The molecule has 0 aliphatic heterocycles. The predicted octanol–water partition coefficient (Wildman–Crippen LogP) is 2.33. The van der Waals surface area contributed by atoms with Gasteiger partial charge in [0, 0.05) is 30.2 Å². The Kier molecular flexibility index (Phi) is 7.97. The number of nitrogens with zero attached hydrogens (tertiary/aromatic N) is 2. The van der Waals surface area contributed by atoms with Crippen LogP contribution in [-0.2, 0) is 10.0 Å². The lowest BCUT2D eigenvalue weighted by Gasteiger charge is -2.15. The molecule has 3 rings (SSSR count). The number of carbonyl (C=O) groups excluding carboxylic acids is 1. The van der Waals surface area contributed by atoms with Crippen LogP contribution in [-0.4, -0.2) is 50.5 Å². The molecule has 3 aromatic rings. The number of anilines is 2. The summed E-state index contributed by atoms with van der Waals surface area (Å²) in [7, 11) is -2.07. The van der Waals surface area contributed by atoms with Crippen LogP contribution in [0.4, 0.5) is 10.8 Å². The molecule has 0 spiro atoms. The lowest BCUT2D eigenvalue weighted by Crippen LogP contribution is -2.30. The first-order chi connectivity index (χ1) is 15.7. The molecule has 0 unspecified atom stereocenters. The summed E-state index contributed by atoms with van der Waals surface area (Å²) in [5.74, 6) is 0.231. The molecule has 0 saturated heterocycles. The molecule has 0 fully saturated rings. The van der Waals surface area contributed by atoms with Gasteiger partial charge in [0.25, 0.3) is 5.91 Å². The minimum Gasteiger partial charge on any atom is -0.489 e. The molecule has 1 amide bonds. The van der Waals surface area contributed by atoms with Crippen molar-refractivity contribution >= 4 is 38.1 Å². The molecular formula is C21H26N6O4S2. The largest absolute Gasteiger partial charge is 0.489 e. The fourth-order valence-corrected chi connectivity index (χ4v) is 4.06. The number of ether oxygens (including phenoxy) is 1. The van der Waals surface area contributed by atoms with Crippen LogP contribution in [0.25, 0.3) is 11.3 Å². The second-order valence-corrected chi connectivity index (χ2v) is 9.74. The topological polar surface area (TPSA) is 148 Å². The molecule has 2 heterocycles. The standard InChI is InChI=1S/C21H26N6O4S2/c1-13(2)31-19-7-5-15(33(22,29)30)10-17(19)26-21-27-18(12-32-21)14-4-6-16(25-11-14)20(28)24-9-8-23-3/h4-7,10-13,23H,8-9H2,1-3H3,(H,24,28)(H,26,27)(H2,22,29,30). The lowest BCUT2D eigenvalue weighted by molar-refractivity contribution is 0.0949. The van der Waals surface area contributed by atoms with Crippen LogP contribution in [0.3, 0.4) is 0 Å². The summed E-state index contributed by atoms with van der Waals surface area (Å²) in [4.78, 5) is 20.8. The van der Waals surface area contributed by atoms with Crippen LogP contribution in [0, 0.1) is 0 Å². The number of sulfonamides is 1. The Bertz CT molecular complexity index is 1210. The van der Waals surface area contributed by atoms with Crippen molar-refractivity contribution in [3.05, 3.63) is 47.6 Å². The predicted molar refractivity (Wildman–Crippen MR) is 128 cm³/mol. The highest BCUT2D eigenvalue weighted by Gasteiger charge is 2.15. The maximum absolute atomic E-state index is 12.1. The highest BCUT2D eigenvalue weighted by Crippen LogP contribution is 2.33. The first-order valence-corrected chi connectivity index (χ1v) is 12.5. The van der Waals surface area contributed by atoms with Crippen LogP contribution in [0.15, 0.2) is 46.8 Å². The van der Waals surface area contributed by atoms with Crippen LogP contribution in [0.2, 0.25) is 0 Å². The number of carbonyl (C=O) groups is 1. The van der Waals surface area contributed by atoms with E-state index in [9.17, 15) is 13.2 Å². The molecule has 10 nitrogen and oxygen atoms in total. The Morgan fingerprint density at radius 1 is 1.21 bits per heavy atom. The van der Waals surface area contributed by atoms with Gasteiger partial charge in [-0.2, -0.15) is 0 Å². The number of aromatic nitrogens is 2. The Morgan fingerprint density at radius 3 is 2.64 bits per heavy atom. The molecule has 0 aliphatic rings. The number of nitrogens with one attached hydrogen (secondary N) is 3. The smallest absolute Gasteiger partial charge is 0.269 e. The number of likely N-dealkylation sites (N-methyl/N-ethyl adjacent to an activating group) is 1. The molecule has 33 heavy (non-hydrogen) atoms. The van der Waals surface area contributed by atoms with E-state index in [0.29, 0.717) is 41.0 Å². The van der Waals surface area contributed by atoms with Crippen LogP contribution in [0.5, 0.6) is 5.75 Å². The molecule has 1 aromatic carbocycles. The van der Waals surface area contributed by atoms with E-state index in [4.69, 9.17) is 9.88 Å². The highest BCUT2D eigenvalue weighted by molar-refractivity contribution is 7.89. The third-order valence-electron chi connectivity index (χ3n) is 4.34. The van der Waals surface area contributed by atoms with Gasteiger partial charge in [0.15, 0.2) is 5.13 Å². The van der Waals surface area contributed by atoms with Gasteiger partial charge in [-0.15, -0.1) is 11.3 Å². The molecule has 0 atom stereocenters. The molecule has 0 radical (unpaired) electrons. The summed E-state index contributed by atoms with van der Waals surface area (Å²) in [5.41, 5.74) is 2.15. The van der Waals surface area contributed by atoms with E-state index >= 15 is 0 Å². The molecule has 0 bridgehead atoms. The Balaban J connectivity index is 1.79. The number of hydrogen-bond donors (Lipinski definition) is 4. The van der Waals surface area contributed by atoms with Gasteiger partial charge in [0.2, 0.25) is 10.0 Å². The number of primary sulfonamides is 1. The lowest BCUT2D eigenvalue weighted by atomic mass is 10.2. The van der Waals surface area contributed by atoms with E-state index < -0.39 is 10.0 Å². The molecule has 5 N–H and O–H groups in total. The number of amides is 1. The first-order valence-electron chi connectivity index (χ1n) is 10.1. The van der Waals surface area contributed by atoms with Gasteiger partial charge in [0.05, 0.1) is 22.4 Å². The van der Waals surface area contributed by atoms with E-state index in [1.807, 2.05) is 26.3 Å². The van der Waals surface area contributed by atoms with Crippen LogP contribution >= 0.6 is 11.3 Å². The number of benzene rings is 1. The second kappa shape index (κ2) is 10.7. The monoisotopic (exact) mass is 490 g/mol. The number of nitrogens with two attached hydrogens (primary N) is 1. The van der Waals surface area contributed by atoms with Gasteiger partial charge >= 0.3 is 0 Å². The molecule has 0 saturated carbocycles. The zero-order valence-corrected chi connectivity index (χ0v) is 20.1. The average molecular weight is 491 g/mol. The van der Waals surface area contributed by atoms with Gasteiger partial charge in [-0.05, 0) is 51.2 Å². The number of pyridine rings is 1. The summed E-state index contributed by atoms with van der Waals surface area (Å²) in [6.45, 7) is 4.92. The Hall–Kier alpha value is -3.06. The van der Waals surface area contributed by atoms with E-state index in [-0.39, 0.29) is 16.9 Å². The third-order valence-corrected chi connectivity index (χ3v) is 6.01. The molecular weight excluding hydrogens is 464 g/mol. The summed E-state index contributed by atoms with van der Waals surface area (Å²) in [6, 6.07) is 7.78. The zero-order chi connectivity index (χ0) is 24.0. The number of hydrogen-bond acceptors (Lipinski definition) is 9. The van der Waals surface area contributed by atoms with Crippen molar-refractivity contribution in [2.24, 2.45) is 5.14 Å². The van der Waals surface area contributed by atoms with Crippen molar-refractivity contribution in [1.29, 1.82) is 0 Å². The number of thiazole rings is 1. The van der Waals surface area contributed by atoms with Crippen molar-refractivity contribution in [3.8, 4) is 17.0 Å². The van der Waals surface area contributed by atoms with Crippen molar-refractivity contribution in [3.63, 3.8) is 0 Å². The van der Waals surface area contributed by atoms with E-state index in [1.165, 1.54) is 23.5 Å². The summed E-state index contributed by atoms with van der Waals surface area (Å²) in [6.07, 6.45) is 1.47. The summed E-state index contributed by atoms with van der Waals surface area (Å²) in [5, 5.41) is 16.5. The SMILES string of the molecule is CNCCNC(=O)c1ccc(-c2csc(Nc3cc(S(N)(=O)=O)ccc3OC(C)C)n2)cn1. The average Bonchev–Trinajstić information content (AvgIpc) is 3.22. The summed E-state index contributed by atoms with van der Waals surface area (Å²) < 4.78 is 29.3. The van der Waals surface area contributed by atoms with Crippen molar-refractivity contribution in [2.75, 3.05) is 25.5 Å². The van der Waals surface area contributed by atoms with E-state index in [1.54, 1.807) is 24.4 Å². The van der Waals surface area contributed by atoms with E-state index in [0.717, 1.165) is 5.56 Å². The fourth-order valence-electron chi connectivity index (χ4n) is 2.79. The van der Waals surface area contributed by atoms with Crippen LogP contribution in [0.1, 0.15) is 24.3 Å². The van der Waals surface area contributed by atoms with Gasteiger partial charge in [-0.3, -0.25) is 9.78 Å². The third kappa shape index (κ3) is 6.71. The quantitative estimate of drug-likeness (QED) is 0.317. The van der Waals surface area contributed by atoms with E-state index in [2.05, 4.69) is 25.9 Å². The minimum atomic E-state index is -3.88.